The number of carbonyl (C=O) groups is 2. The number of thiophene rings is 1. The number of H-pyrrole nitrogens is 1. The molecule has 5 nitrogen and oxygen atoms in total. The zero-order valence-corrected chi connectivity index (χ0v) is 15.0. The summed E-state index contributed by atoms with van der Waals surface area (Å²) in [7, 11) is 0. The van der Waals surface area contributed by atoms with Gasteiger partial charge in [0, 0.05) is 35.9 Å². The summed E-state index contributed by atoms with van der Waals surface area (Å²) in [5, 5.41) is 0. The number of rotatable bonds is 4. The lowest BCUT2D eigenvalue weighted by Crippen LogP contribution is -2.42. The molecular formula is C17H19ClN2O3S. The van der Waals surface area contributed by atoms with Gasteiger partial charge < -0.3 is 14.6 Å². The van der Waals surface area contributed by atoms with Crippen LogP contribution in [0.15, 0.2) is 24.5 Å². The highest BCUT2D eigenvalue weighted by Crippen LogP contribution is 2.34. The van der Waals surface area contributed by atoms with Gasteiger partial charge in [0.1, 0.15) is 0 Å². The fourth-order valence-electron chi connectivity index (χ4n) is 2.99. The number of likely N-dealkylation sites (tertiary alicyclic amines) is 1. The van der Waals surface area contributed by atoms with Crippen LogP contribution in [0.1, 0.15) is 30.1 Å². The number of carbonyl (C=O) groups excluding carboxylic acids is 2. The molecule has 0 aromatic carbocycles. The Labute approximate surface area is 149 Å². The normalized spacial score (nSPS) is 17.8. The SMILES string of the molecule is CCOC(=O)[C@@H]1CCCN(C(=O)c2c[nH]cc2-c2ccc(Cl)s2)C1. The minimum absolute atomic E-state index is 0.0650. The second kappa shape index (κ2) is 7.40. The number of nitrogens with zero attached hydrogens (tertiary/aromatic N) is 1. The molecule has 0 radical (unpaired) electrons. The number of aromatic nitrogens is 1. The van der Waals surface area contributed by atoms with Crippen LogP contribution in [0.25, 0.3) is 10.4 Å². The van der Waals surface area contributed by atoms with Crippen molar-refractivity contribution in [3.63, 3.8) is 0 Å². The summed E-state index contributed by atoms with van der Waals surface area (Å²) in [6, 6.07) is 3.73. The molecule has 3 rings (SSSR count). The largest absolute Gasteiger partial charge is 0.466 e. The van der Waals surface area contributed by atoms with Crippen molar-refractivity contribution in [1.29, 1.82) is 0 Å². The van der Waals surface area contributed by atoms with Crippen LogP contribution >= 0.6 is 22.9 Å². The minimum Gasteiger partial charge on any atom is -0.466 e. The molecule has 1 N–H and O–H groups in total. The third-order valence-electron chi connectivity index (χ3n) is 4.14. The molecule has 2 aromatic heterocycles. The number of halogens is 1. The molecule has 1 atom stereocenters. The van der Waals surface area contributed by atoms with Gasteiger partial charge in [-0.3, -0.25) is 9.59 Å². The molecule has 0 aliphatic carbocycles. The van der Waals surface area contributed by atoms with Crippen LogP contribution in [0.2, 0.25) is 4.34 Å². The van der Waals surface area contributed by atoms with Crippen molar-refractivity contribution in [2.75, 3.05) is 19.7 Å². The summed E-state index contributed by atoms with van der Waals surface area (Å²) in [6.07, 6.45) is 5.09. The summed E-state index contributed by atoms with van der Waals surface area (Å²) < 4.78 is 5.79. The van der Waals surface area contributed by atoms with Gasteiger partial charge in [-0.05, 0) is 31.9 Å². The molecule has 24 heavy (non-hydrogen) atoms. The number of amides is 1. The Kier molecular flexibility index (Phi) is 5.26. The molecular weight excluding hydrogens is 348 g/mol. The summed E-state index contributed by atoms with van der Waals surface area (Å²) in [5.74, 6) is -0.514. The highest BCUT2D eigenvalue weighted by Gasteiger charge is 2.31. The van der Waals surface area contributed by atoms with Crippen LogP contribution in [-0.2, 0) is 9.53 Å². The Hall–Kier alpha value is -1.79. The lowest BCUT2D eigenvalue weighted by atomic mass is 9.97. The number of piperidine rings is 1. The van der Waals surface area contributed by atoms with Crippen LogP contribution in [0, 0.1) is 5.92 Å². The fourth-order valence-corrected chi connectivity index (χ4v) is 4.06. The van der Waals surface area contributed by atoms with E-state index in [1.54, 1.807) is 18.0 Å². The molecule has 3 heterocycles. The van der Waals surface area contributed by atoms with Crippen LogP contribution < -0.4 is 0 Å². The van der Waals surface area contributed by atoms with Gasteiger partial charge in [0.05, 0.1) is 22.4 Å². The van der Waals surface area contributed by atoms with E-state index >= 15 is 0 Å². The molecule has 1 saturated heterocycles. The molecule has 0 unspecified atom stereocenters. The lowest BCUT2D eigenvalue weighted by Gasteiger charge is -2.31. The standard InChI is InChI=1S/C17H19ClN2O3S/c1-2-23-17(22)11-4-3-7-20(10-11)16(21)13-9-19-8-12(13)14-5-6-15(18)24-14/h5-6,8-9,11,19H,2-4,7,10H2,1H3/t11-/m1/s1. The van der Waals surface area contributed by atoms with E-state index in [0.29, 0.717) is 29.6 Å². The molecule has 2 aromatic rings. The first kappa shape index (κ1) is 17.0. The molecule has 128 valence electrons. The third-order valence-corrected chi connectivity index (χ3v) is 5.41. The van der Waals surface area contributed by atoms with Crippen molar-refractivity contribution < 1.29 is 14.3 Å². The van der Waals surface area contributed by atoms with Crippen LogP contribution in [0.4, 0.5) is 0 Å². The van der Waals surface area contributed by atoms with E-state index in [-0.39, 0.29) is 17.8 Å². The average Bonchev–Trinajstić information content (AvgIpc) is 3.23. The molecule has 7 heteroatoms. The molecule has 1 amide bonds. The van der Waals surface area contributed by atoms with Gasteiger partial charge in [-0.25, -0.2) is 0 Å². The van der Waals surface area contributed by atoms with Gasteiger partial charge in [-0.15, -0.1) is 11.3 Å². The van der Waals surface area contributed by atoms with Gasteiger partial charge in [0.25, 0.3) is 5.91 Å². The second-order valence-electron chi connectivity index (χ2n) is 5.73. The Bertz CT molecular complexity index is 740. The van der Waals surface area contributed by atoms with E-state index in [2.05, 4.69) is 4.98 Å². The maximum Gasteiger partial charge on any atom is 0.310 e. The smallest absolute Gasteiger partial charge is 0.310 e. The Balaban J connectivity index is 1.77. The summed E-state index contributed by atoms with van der Waals surface area (Å²) in [6.45, 7) is 3.23. The highest BCUT2D eigenvalue weighted by atomic mass is 35.5. The van der Waals surface area contributed by atoms with E-state index in [4.69, 9.17) is 16.3 Å². The first-order chi connectivity index (χ1) is 11.6. The Morgan fingerprint density at radius 2 is 2.25 bits per heavy atom. The molecule has 1 aliphatic heterocycles. The number of aromatic amines is 1. The van der Waals surface area contributed by atoms with Gasteiger partial charge in [-0.1, -0.05) is 11.6 Å². The van der Waals surface area contributed by atoms with E-state index in [0.717, 1.165) is 23.3 Å². The van der Waals surface area contributed by atoms with Crippen molar-refractivity contribution >= 4 is 34.8 Å². The third kappa shape index (κ3) is 3.49. The van der Waals surface area contributed by atoms with Gasteiger partial charge >= 0.3 is 5.97 Å². The van der Waals surface area contributed by atoms with Crippen molar-refractivity contribution in [3.8, 4) is 10.4 Å². The van der Waals surface area contributed by atoms with Crippen molar-refractivity contribution in [3.05, 3.63) is 34.4 Å². The van der Waals surface area contributed by atoms with Crippen LogP contribution in [-0.4, -0.2) is 41.5 Å². The van der Waals surface area contributed by atoms with E-state index in [1.807, 2.05) is 18.3 Å². The van der Waals surface area contributed by atoms with Gasteiger partial charge in [-0.2, -0.15) is 0 Å². The molecule has 0 bridgehead atoms. The number of hydrogen-bond acceptors (Lipinski definition) is 4. The topological polar surface area (TPSA) is 62.4 Å². The highest BCUT2D eigenvalue weighted by molar-refractivity contribution is 7.19. The quantitative estimate of drug-likeness (QED) is 0.837. The Morgan fingerprint density at radius 3 is 2.96 bits per heavy atom. The summed E-state index contributed by atoms with van der Waals surface area (Å²) in [5.41, 5.74) is 1.45. The van der Waals surface area contributed by atoms with Crippen molar-refractivity contribution in [2.24, 2.45) is 5.92 Å². The molecule has 0 saturated carbocycles. The first-order valence-corrected chi connectivity index (χ1v) is 9.18. The summed E-state index contributed by atoms with van der Waals surface area (Å²) >= 11 is 7.44. The lowest BCUT2D eigenvalue weighted by molar-refractivity contribution is -0.149. The predicted molar refractivity (Wildman–Crippen MR) is 94.4 cm³/mol. The van der Waals surface area contributed by atoms with Gasteiger partial charge in [0.2, 0.25) is 0 Å². The van der Waals surface area contributed by atoms with Crippen molar-refractivity contribution in [2.45, 2.75) is 19.8 Å². The van der Waals surface area contributed by atoms with E-state index < -0.39 is 0 Å². The average molecular weight is 367 g/mol. The number of esters is 1. The maximum absolute atomic E-state index is 12.9. The van der Waals surface area contributed by atoms with E-state index in [9.17, 15) is 9.59 Å². The van der Waals surface area contributed by atoms with Gasteiger partial charge in [0.15, 0.2) is 0 Å². The van der Waals surface area contributed by atoms with Crippen LogP contribution in [0.5, 0.6) is 0 Å². The zero-order chi connectivity index (χ0) is 17.1. The molecule has 1 fully saturated rings. The number of nitrogens with one attached hydrogen (secondary N) is 1. The molecule has 0 spiro atoms. The number of hydrogen-bond donors (Lipinski definition) is 1. The predicted octanol–water partition coefficient (Wildman–Crippen LogP) is 3.81. The Morgan fingerprint density at radius 1 is 1.42 bits per heavy atom. The second-order valence-corrected chi connectivity index (χ2v) is 7.44. The van der Waals surface area contributed by atoms with E-state index in [1.165, 1.54) is 11.3 Å². The van der Waals surface area contributed by atoms with Crippen LogP contribution in [0.3, 0.4) is 0 Å². The monoisotopic (exact) mass is 366 g/mol. The number of ether oxygens (including phenoxy) is 1. The van der Waals surface area contributed by atoms with Crippen molar-refractivity contribution in [1.82, 2.24) is 9.88 Å². The minimum atomic E-state index is -0.235. The zero-order valence-electron chi connectivity index (χ0n) is 13.4. The maximum atomic E-state index is 12.9. The molecule has 1 aliphatic rings. The fraction of sp³-hybridized carbons (Fsp3) is 0.412. The first-order valence-electron chi connectivity index (χ1n) is 7.98. The summed E-state index contributed by atoms with van der Waals surface area (Å²) in [4.78, 5) is 30.6.